The average Bonchev–Trinajstić information content (AvgIpc) is 2.45. The van der Waals surface area contributed by atoms with Crippen molar-refractivity contribution in [2.75, 3.05) is 0 Å². The Bertz CT molecular complexity index is 414. The molecule has 0 aromatic heterocycles. The number of fused-ring (bicyclic) bond motifs is 2. The lowest BCUT2D eigenvalue weighted by Crippen LogP contribution is -2.47. The van der Waals surface area contributed by atoms with Gasteiger partial charge in [-0.05, 0) is 40.0 Å². The van der Waals surface area contributed by atoms with Gasteiger partial charge in [-0.2, -0.15) is 0 Å². The molecule has 2 heterocycles. The highest BCUT2D eigenvalue weighted by Gasteiger charge is 2.44. The van der Waals surface area contributed by atoms with Crippen molar-refractivity contribution >= 4 is 13.1 Å². The predicted octanol–water partition coefficient (Wildman–Crippen LogP) is 3.47. The number of carbonyl (C=O) groups is 1. The van der Waals surface area contributed by atoms with E-state index in [1.165, 1.54) is 11.0 Å². The maximum atomic E-state index is 12.8. The molecule has 0 unspecified atom stereocenters. The Morgan fingerprint density at radius 1 is 1.37 bits per heavy atom. The number of ether oxygens (including phenoxy) is 1. The smallest absolute Gasteiger partial charge is 0.445 e. The van der Waals surface area contributed by atoms with Crippen molar-refractivity contribution in [1.82, 2.24) is 4.90 Å². The molecule has 1 amide bonds. The Morgan fingerprint density at radius 2 is 2.00 bits per heavy atom. The van der Waals surface area contributed by atoms with E-state index in [4.69, 9.17) is 4.74 Å². The Hall–Kier alpha value is -1.14. The van der Waals surface area contributed by atoms with Crippen molar-refractivity contribution in [2.24, 2.45) is 0 Å². The molecule has 0 spiro atoms. The number of halogens is 3. The lowest BCUT2D eigenvalue weighted by Gasteiger charge is -2.37. The van der Waals surface area contributed by atoms with Gasteiger partial charge in [-0.15, -0.1) is 5.47 Å². The summed E-state index contributed by atoms with van der Waals surface area (Å²) in [5.74, 6) is 0. The third-order valence-corrected chi connectivity index (χ3v) is 3.45. The fraction of sp³-hybridized carbons (Fsp3) is 0.750. The summed E-state index contributed by atoms with van der Waals surface area (Å²) in [7, 11) is 0. The fourth-order valence-electron chi connectivity index (χ4n) is 2.71. The monoisotopic (exact) mass is 276 g/mol. The van der Waals surface area contributed by atoms with Crippen LogP contribution in [0.3, 0.4) is 0 Å². The first kappa shape index (κ1) is 14.3. The molecule has 0 aromatic carbocycles. The van der Waals surface area contributed by atoms with Gasteiger partial charge in [0.15, 0.2) is 0 Å². The van der Waals surface area contributed by atoms with Gasteiger partial charge in [0, 0.05) is 6.04 Å². The molecule has 0 aliphatic carbocycles. The van der Waals surface area contributed by atoms with Crippen molar-refractivity contribution in [2.45, 2.75) is 57.7 Å². The summed E-state index contributed by atoms with van der Waals surface area (Å²) in [5.41, 5.74) is -1.08. The third kappa shape index (κ3) is 3.07. The van der Waals surface area contributed by atoms with Crippen LogP contribution in [0.25, 0.3) is 0 Å². The van der Waals surface area contributed by atoms with E-state index in [-0.39, 0.29) is 12.5 Å². The summed E-state index contributed by atoms with van der Waals surface area (Å²) in [6.07, 6.45) is 1.78. The molecule has 1 saturated heterocycles. The lowest BCUT2D eigenvalue weighted by atomic mass is 9.74. The van der Waals surface area contributed by atoms with E-state index in [0.29, 0.717) is 12.8 Å². The van der Waals surface area contributed by atoms with Crippen molar-refractivity contribution in [1.29, 1.82) is 0 Å². The molecular weight excluding hydrogens is 258 g/mol. The summed E-state index contributed by atoms with van der Waals surface area (Å²) in [4.78, 5) is 13.5. The van der Waals surface area contributed by atoms with Crippen LogP contribution in [0, 0.1) is 0 Å². The minimum absolute atomic E-state index is 0.0980. The van der Waals surface area contributed by atoms with Crippen molar-refractivity contribution in [3.8, 4) is 0 Å². The van der Waals surface area contributed by atoms with Crippen LogP contribution in [0.1, 0.15) is 40.0 Å². The highest BCUT2D eigenvalue weighted by atomic mass is 19.4. The number of hydrogen-bond acceptors (Lipinski definition) is 2. The number of carbonyl (C=O) groups excluding carboxylic acids is 1. The zero-order valence-corrected chi connectivity index (χ0v) is 11.3. The average molecular weight is 276 g/mol. The van der Waals surface area contributed by atoms with Crippen LogP contribution in [-0.2, 0) is 4.74 Å². The number of nitrogens with zero attached hydrogens (tertiary/aromatic N) is 1. The first-order valence-corrected chi connectivity index (χ1v) is 6.50. The molecule has 3 nitrogen and oxygen atoms in total. The largest absolute Gasteiger partial charge is 0.505 e. The first-order valence-electron chi connectivity index (χ1n) is 6.50. The second kappa shape index (κ2) is 4.46. The topological polar surface area (TPSA) is 29.5 Å². The van der Waals surface area contributed by atoms with Crippen LogP contribution in [0.2, 0.25) is 0 Å². The van der Waals surface area contributed by atoms with Crippen LogP contribution < -0.4 is 0 Å². The summed E-state index contributed by atoms with van der Waals surface area (Å²) in [5, 5.41) is 0. The van der Waals surface area contributed by atoms with Crippen molar-refractivity contribution in [3.05, 3.63) is 11.5 Å². The van der Waals surface area contributed by atoms with Gasteiger partial charge in [0.1, 0.15) is 5.60 Å². The number of rotatable bonds is 1. The zero-order chi connectivity index (χ0) is 14.4. The summed E-state index contributed by atoms with van der Waals surface area (Å²) in [6.45, 7) is 0.303. The van der Waals surface area contributed by atoms with Gasteiger partial charge in [0.25, 0.3) is 0 Å². The van der Waals surface area contributed by atoms with E-state index >= 15 is 0 Å². The summed E-state index contributed by atoms with van der Waals surface area (Å²) < 4.78 is 43.6. The third-order valence-electron chi connectivity index (χ3n) is 3.45. The van der Waals surface area contributed by atoms with Crippen molar-refractivity contribution < 1.29 is 22.5 Å². The van der Waals surface area contributed by atoms with E-state index in [1.807, 2.05) is 0 Å². The second-order valence-electron chi connectivity index (χ2n) is 6.21. The van der Waals surface area contributed by atoms with Crippen LogP contribution >= 0.6 is 0 Å². The molecule has 0 saturated carbocycles. The Kier molecular flexibility index (Phi) is 3.35. The normalized spacial score (nSPS) is 27.3. The van der Waals surface area contributed by atoms with E-state index in [0.717, 1.165) is 0 Å². The molecule has 0 aromatic rings. The predicted molar refractivity (Wildman–Crippen MR) is 66.7 cm³/mol. The standard InChI is InChI=1S/C12H18BF3NO2/c1-12(2,3)19-11(18)17-9-4-5-10(17)7-8(6-9)13(14,15)16/h6,9-10H,4-5,7H2,1-3H3/q-1/t9-,10-/m1/s1. The maximum Gasteiger partial charge on any atom is 0.505 e. The fourth-order valence-corrected chi connectivity index (χ4v) is 2.71. The van der Waals surface area contributed by atoms with Crippen LogP contribution in [0.4, 0.5) is 17.7 Å². The molecule has 2 bridgehead atoms. The molecular formula is C12H18BF3NO2-. The number of hydrogen-bond donors (Lipinski definition) is 0. The minimum atomic E-state index is -4.94. The quantitative estimate of drug-likeness (QED) is 0.686. The highest BCUT2D eigenvalue weighted by Crippen LogP contribution is 2.39. The molecule has 0 N–H and O–H groups in total. The second-order valence-corrected chi connectivity index (χ2v) is 6.21. The SMILES string of the molecule is CC(C)(C)OC(=O)N1[C@@H]2CC[C@@H]1C=C([B-](F)(F)F)C2. The Morgan fingerprint density at radius 3 is 2.47 bits per heavy atom. The maximum absolute atomic E-state index is 12.8. The van der Waals surface area contributed by atoms with Gasteiger partial charge >= 0.3 is 13.1 Å². The summed E-state index contributed by atoms with van der Waals surface area (Å²) in [6, 6.07) is -0.838. The van der Waals surface area contributed by atoms with Gasteiger partial charge in [-0.25, -0.2) is 4.79 Å². The molecule has 19 heavy (non-hydrogen) atoms. The molecule has 2 atom stereocenters. The minimum Gasteiger partial charge on any atom is -0.445 e. The van der Waals surface area contributed by atoms with E-state index in [2.05, 4.69) is 0 Å². The zero-order valence-electron chi connectivity index (χ0n) is 11.3. The molecule has 0 radical (unpaired) electrons. The molecule has 108 valence electrons. The van der Waals surface area contributed by atoms with E-state index in [1.54, 1.807) is 20.8 Å². The van der Waals surface area contributed by atoms with Gasteiger partial charge < -0.3 is 17.7 Å². The van der Waals surface area contributed by atoms with E-state index < -0.39 is 30.2 Å². The van der Waals surface area contributed by atoms with Gasteiger partial charge in [0.05, 0.1) is 6.04 Å². The van der Waals surface area contributed by atoms with E-state index in [9.17, 15) is 17.7 Å². The molecule has 7 heteroatoms. The van der Waals surface area contributed by atoms with Crippen LogP contribution in [-0.4, -0.2) is 35.7 Å². The molecule has 2 aliphatic rings. The first-order chi connectivity index (χ1) is 8.58. The number of amides is 1. The van der Waals surface area contributed by atoms with Crippen LogP contribution in [0.5, 0.6) is 0 Å². The lowest BCUT2D eigenvalue weighted by molar-refractivity contribution is 0.0167. The molecule has 2 aliphatic heterocycles. The van der Waals surface area contributed by atoms with Gasteiger partial charge in [0.2, 0.25) is 0 Å². The summed E-state index contributed by atoms with van der Waals surface area (Å²) >= 11 is 0. The van der Waals surface area contributed by atoms with Crippen LogP contribution in [0.15, 0.2) is 11.5 Å². The van der Waals surface area contributed by atoms with Gasteiger partial charge in [-0.1, -0.05) is 6.08 Å². The van der Waals surface area contributed by atoms with Gasteiger partial charge in [-0.3, -0.25) is 4.90 Å². The molecule has 1 fully saturated rings. The Labute approximate surface area is 110 Å². The highest BCUT2D eigenvalue weighted by molar-refractivity contribution is 6.66. The Balaban J connectivity index is 2.15. The molecule has 2 rings (SSSR count). The van der Waals surface area contributed by atoms with Crippen molar-refractivity contribution in [3.63, 3.8) is 0 Å².